The van der Waals surface area contributed by atoms with Gasteiger partial charge in [0.05, 0.1) is 31.1 Å². The maximum absolute atomic E-state index is 12.9. The summed E-state index contributed by atoms with van der Waals surface area (Å²) < 4.78 is 32.4. The van der Waals surface area contributed by atoms with Crippen LogP contribution in [0.15, 0.2) is 30.6 Å². The van der Waals surface area contributed by atoms with Gasteiger partial charge in [-0.3, -0.25) is 0 Å². The highest BCUT2D eigenvalue weighted by Gasteiger charge is 2.43. The Bertz CT molecular complexity index is 1520. The van der Waals surface area contributed by atoms with Gasteiger partial charge in [-0.15, -0.1) is 0 Å². The second-order valence-electron chi connectivity index (χ2n) is 7.92. The van der Waals surface area contributed by atoms with E-state index in [2.05, 4.69) is 0 Å². The zero-order chi connectivity index (χ0) is 24.5. The topological polar surface area (TPSA) is 178 Å². The van der Waals surface area contributed by atoms with Crippen molar-refractivity contribution >= 4 is 32.7 Å². The third-order valence-corrected chi connectivity index (χ3v) is 5.98. The summed E-state index contributed by atoms with van der Waals surface area (Å²) in [7, 11) is 2.54. The van der Waals surface area contributed by atoms with Crippen LogP contribution in [0.2, 0.25) is 0 Å². The van der Waals surface area contributed by atoms with Crippen LogP contribution in [0.3, 0.4) is 0 Å². The number of hydrogen-bond donors (Lipinski definition) is 4. The average molecular weight is 476 g/mol. The fourth-order valence-electron chi connectivity index (χ4n) is 4.22. The Morgan fingerprint density at radius 3 is 2.03 bits per heavy atom. The van der Waals surface area contributed by atoms with E-state index in [0.29, 0.717) is 0 Å². The van der Waals surface area contributed by atoms with Gasteiger partial charge < -0.3 is 48.2 Å². The first-order valence-electron chi connectivity index (χ1n) is 10.2. The molecule has 0 radical (unpaired) electrons. The maximum Gasteiger partial charge on any atom is 0.344 e. The highest BCUT2D eigenvalue weighted by molar-refractivity contribution is 6.22. The lowest BCUT2D eigenvalue weighted by atomic mass is 10.00. The van der Waals surface area contributed by atoms with Crippen LogP contribution >= 0.6 is 0 Å². The number of rotatable bonds is 4. The van der Waals surface area contributed by atoms with Crippen molar-refractivity contribution in [1.29, 1.82) is 0 Å². The summed E-state index contributed by atoms with van der Waals surface area (Å²) in [5.41, 5.74) is -2.16. The fraction of sp³-hybridized carbons (Fsp3) is 0.364. The van der Waals surface area contributed by atoms with Crippen LogP contribution in [0, 0.1) is 0 Å². The molecule has 4 aromatic rings. The predicted octanol–water partition coefficient (Wildman–Crippen LogP) is 0.419. The molecule has 5 atom stereocenters. The van der Waals surface area contributed by atoms with Gasteiger partial charge in [0.15, 0.2) is 22.7 Å². The third kappa shape index (κ3) is 3.00. The Kier molecular flexibility index (Phi) is 5.06. The van der Waals surface area contributed by atoms with Crippen molar-refractivity contribution in [3.63, 3.8) is 0 Å². The van der Waals surface area contributed by atoms with Crippen LogP contribution in [0.4, 0.5) is 0 Å². The monoisotopic (exact) mass is 476 g/mol. The molecule has 12 nitrogen and oxygen atoms in total. The number of aromatic hydroxyl groups is 1. The van der Waals surface area contributed by atoms with Crippen LogP contribution in [0.5, 0.6) is 23.0 Å². The van der Waals surface area contributed by atoms with Crippen molar-refractivity contribution in [3.8, 4) is 23.0 Å². The van der Waals surface area contributed by atoms with Gasteiger partial charge in [0.25, 0.3) is 0 Å². The third-order valence-electron chi connectivity index (χ3n) is 5.98. The Hall–Kier alpha value is -3.58. The number of phenolic OH excluding ortho intramolecular Hbond substituents is 1. The van der Waals surface area contributed by atoms with E-state index in [1.807, 2.05) is 0 Å². The van der Waals surface area contributed by atoms with Gasteiger partial charge in [-0.1, -0.05) is 0 Å². The molecule has 0 bridgehead atoms. The molecule has 2 aromatic heterocycles. The Morgan fingerprint density at radius 2 is 1.41 bits per heavy atom. The second-order valence-corrected chi connectivity index (χ2v) is 7.92. The summed E-state index contributed by atoms with van der Waals surface area (Å²) in [6.45, 7) is 1.47. The number of aliphatic hydroxyl groups excluding tert-OH is 3. The molecule has 1 saturated heterocycles. The molecule has 5 rings (SSSR count). The number of phenols is 1. The van der Waals surface area contributed by atoms with E-state index in [0.717, 1.165) is 0 Å². The van der Waals surface area contributed by atoms with E-state index in [-0.39, 0.29) is 50.0 Å². The Morgan fingerprint density at radius 1 is 0.824 bits per heavy atom. The van der Waals surface area contributed by atoms with Gasteiger partial charge in [0.1, 0.15) is 18.3 Å². The van der Waals surface area contributed by atoms with Crippen molar-refractivity contribution in [3.05, 3.63) is 33.0 Å². The normalized spacial score (nSPS) is 25.3. The number of hydrogen-bond acceptors (Lipinski definition) is 12. The Balaban J connectivity index is 1.79. The highest BCUT2D eigenvalue weighted by atomic mass is 16.7. The highest BCUT2D eigenvalue weighted by Crippen LogP contribution is 2.46. The molecule has 34 heavy (non-hydrogen) atoms. The largest absolute Gasteiger partial charge is 0.502 e. The summed E-state index contributed by atoms with van der Waals surface area (Å²) >= 11 is 0. The number of aliphatic hydroxyl groups is 3. The lowest BCUT2D eigenvalue weighted by Gasteiger charge is -2.39. The van der Waals surface area contributed by atoms with Crippen LogP contribution in [-0.4, -0.2) is 65.4 Å². The van der Waals surface area contributed by atoms with Crippen molar-refractivity contribution < 1.29 is 48.2 Å². The minimum atomic E-state index is -1.64. The zero-order valence-corrected chi connectivity index (χ0v) is 18.1. The van der Waals surface area contributed by atoms with Crippen LogP contribution in [-0.2, 0) is 4.74 Å². The fourth-order valence-corrected chi connectivity index (χ4v) is 4.22. The summed E-state index contributed by atoms with van der Waals surface area (Å²) in [6, 6.07) is 2.50. The molecule has 2 aromatic carbocycles. The van der Waals surface area contributed by atoms with E-state index < -0.39 is 47.7 Å². The maximum atomic E-state index is 12.9. The minimum absolute atomic E-state index is 0.00130. The van der Waals surface area contributed by atoms with E-state index >= 15 is 0 Å². The first kappa shape index (κ1) is 22.2. The quantitative estimate of drug-likeness (QED) is 0.236. The summed E-state index contributed by atoms with van der Waals surface area (Å²) in [5, 5.41) is 41.0. The lowest BCUT2D eigenvalue weighted by Crippen LogP contribution is -2.58. The molecule has 1 aliphatic rings. The van der Waals surface area contributed by atoms with Crippen molar-refractivity contribution in [2.45, 2.75) is 37.6 Å². The second kappa shape index (κ2) is 7.74. The standard InChI is InChI=1S/C22H20O12/c1-6-13(23)15(25)16(26)22(31-6)32-10-5-8-12-11-7(21(28)34-19(12)17(10)30-3)4-9(29-2)14(24)18(11)33-20(8)27/h4-6,13,15-16,22-26H,1-3H3/t6-,13-,15+,16+,22+/m0/s1. The van der Waals surface area contributed by atoms with Crippen molar-refractivity contribution in [2.75, 3.05) is 14.2 Å². The number of ether oxygens (including phenoxy) is 4. The molecule has 0 aliphatic carbocycles. The minimum Gasteiger partial charge on any atom is -0.502 e. The molecule has 3 heterocycles. The van der Waals surface area contributed by atoms with Gasteiger partial charge in [-0.25, -0.2) is 9.59 Å². The van der Waals surface area contributed by atoms with Crippen LogP contribution in [0.25, 0.3) is 32.7 Å². The summed E-state index contributed by atoms with van der Waals surface area (Å²) in [4.78, 5) is 25.7. The smallest absolute Gasteiger partial charge is 0.344 e. The summed E-state index contributed by atoms with van der Waals surface area (Å²) in [6.07, 6.45) is -6.90. The molecule has 180 valence electrons. The first-order valence-corrected chi connectivity index (χ1v) is 10.2. The predicted molar refractivity (Wildman–Crippen MR) is 115 cm³/mol. The lowest BCUT2D eigenvalue weighted by molar-refractivity contribution is -0.268. The van der Waals surface area contributed by atoms with E-state index in [9.17, 15) is 30.0 Å². The van der Waals surface area contributed by atoms with Gasteiger partial charge >= 0.3 is 11.3 Å². The molecule has 0 amide bonds. The van der Waals surface area contributed by atoms with Crippen LogP contribution < -0.4 is 25.5 Å². The molecule has 0 spiro atoms. The molecule has 0 saturated carbocycles. The van der Waals surface area contributed by atoms with Gasteiger partial charge in [-0.2, -0.15) is 0 Å². The van der Waals surface area contributed by atoms with E-state index in [1.165, 1.54) is 33.3 Å². The number of benzene rings is 2. The zero-order valence-electron chi connectivity index (χ0n) is 18.1. The molecule has 1 fully saturated rings. The van der Waals surface area contributed by atoms with Crippen LogP contribution in [0.1, 0.15) is 6.92 Å². The van der Waals surface area contributed by atoms with E-state index in [1.54, 1.807) is 0 Å². The van der Waals surface area contributed by atoms with Crippen molar-refractivity contribution in [1.82, 2.24) is 0 Å². The SMILES string of the molecule is COc1cc2c(=O)oc3c(OC)c(O[C@H]4O[C@@H](C)[C@H](O)[C@@H](O)[C@H]4O)cc4c(=O)oc(c1O)c2c34. The molecular formula is C22H20O12. The molecule has 1 aliphatic heterocycles. The molecule has 0 unspecified atom stereocenters. The first-order chi connectivity index (χ1) is 16.2. The average Bonchev–Trinajstić information content (AvgIpc) is 2.81. The number of methoxy groups -OCH3 is 2. The summed E-state index contributed by atoms with van der Waals surface area (Å²) in [5.74, 6) is -0.834. The molecule has 12 heteroatoms. The molecule has 4 N–H and O–H groups in total. The van der Waals surface area contributed by atoms with Crippen molar-refractivity contribution in [2.24, 2.45) is 0 Å². The van der Waals surface area contributed by atoms with E-state index in [4.69, 9.17) is 27.8 Å². The van der Waals surface area contributed by atoms with Gasteiger partial charge in [0.2, 0.25) is 17.8 Å². The molecular weight excluding hydrogens is 456 g/mol. The van der Waals surface area contributed by atoms with Gasteiger partial charge in [0, 0.05) is 10.8 Å². The van der Waals surface area contributed by atoms with Gasteiger partial charge in [-0.05, 0) is 19.1 Å². The Labute approximate surface area is 189 Å².